The molecule has 1 aromatic carbocycles. The Labute approximate surface area is 107 Å². The summed E-state index contributed by atoms with van der Waals surface area (Å²) < 4.78 is 32.3. The summed E-state index contributed by atoms with van der Waals surface area (Å²) in [5, 5.41) is 0. The summed E-state index contributed by atoms with van der Waals surface area (Å²) in [6, 6.07) is 3.33. The SMILES string of the molecule is Cc1ccc(CCCN2CCOCC2)c(F)c1F. The van der Waals surface area contributed by atoms with Crippen LogP contribution in [-0.4, -0.2) is 37.7 Å². The zero-order valence-corrected chi connectivity index (χ0v) is 10.7. The van der Waals surface area contributed by atoms with Crippen LogP contribution < -0.4 is 0 Å². The fourth-order valence-electron chi connectivity index (χ4n) is 2.20. The third-order valence-corrected chi connectivity index (χ3v) is 3.38. The van der Waals surface area contributed by atoms with E-state index < -0.39 is 11.6 Å². The second-order valence-electron chi connectivity index (χ2n) is 4.73. The van der Waals surface area contributed by atoms with E-state index in [0.717, 1.165) is 39.3 Å². The minimum absolute atomic E-state index is 0.365. The minimum atomic E-state index is -0.709. The Hall–Kier alpha value is -1.00. The van der Waals surface area contributed by atoms with Gasteiger partial charge in [0, 0.05) is 13.1 Å². The van der Waals surface area contributed by atoms with Crippen molar-refractivity contribution in [3.63, 3.8) is 0 Å². The lowest BCUT2D eigenvalue weighted by atomic mass is 10.1. The van der Waals surface area contributed by atoms with Crippen LogP contribution in [0.25, 0.3) is 0 Å². The normalized spacial score (nSPS) is 17.1. The van der Waals surface area contributed by atoms with Crippen molar-refractivity contribution in [1.29, 1.82) is 0 Å². The minimum Gasteiger partial charge on any atom is -0.379 e. The first-order valence-electron chi connectivity index (χ1n) is 6.42. The van der Waals surface area contributed by atoms with Crippen molar-refractivity contribution in [2.24, 2.45) is 0 Å². The molecule has 0 saturated carbocycles. The topological polar surface area (TPSA) is 12.5 Å². The van der Waals surface area contributed by atoms with Gasteiger partial charge in [-0.2, -0.15) is 0 Å². The summed E-state index contributed by atoms with van der Waals surface area (Å²) in [4.78, 5) is 2.30. The van der Waals surface area contributed by atoms with Crippen molar-refractivity contribution in [3.05, 3.63) is 34.9 Å². The van der Waals surface area contributed by atoms with Gasteiger partial charge in [-0.05, 0) is 37.4 Å². The Kier molecular flexibility index (Phi) is 4.66. The Morgan fingerprint density at radius 3 is 2.61 bits per heavy atom. The number of hydrogen-bond donors (Lipinski definition) is 0. The molecule has 0 spiro atoms. The van der Waals surface area contributed by atoms with Crippen molar-refractivity contribution < 1.29 is 13.5 Å². The van der Waals surface area contributed by atoms with Crippen molar-refractivity contribution >= 4 is 0 Å². The van der Waals surface area contributed by atoms with Gasteiger partial charge in [-0.1, -0.05) is 12.1 Å². The van der Waals surface area contributed by atoms with Crippen LogP contribution in [0.15, 0.2) is 12.1 Å². The molecule has 100 valence electrons. The first-order valence-corrected chi connectivity index (χ1v) is 6.42. The lowest BCUT2D eigenvalue weighted by Gasteiger charge is -2.26. The van der Waals surface area contributed by atoms with E-state index in [2.05, 4.69) is 4.90 Å². The fraction of sp³-hybridized carbons (Fsp3) is 0.571. The van der Waals surface area contributed by atoms with Crippen LogP contribution in [0, 0.1) is 18.6 Å². The largest absolute Gasteiger partial charge is 0.379 e. The van der Waals surface area contributed by atoms with Gasteiger partial charge in [0.15, 0.2) is 11.6 Å². The molecule has 1 saturated heterocycles. The maximum Gasteiger partial charge on any atom is 0.162 e. The van der Waals surface area contributed by atoms with Crippen LogP contribution in [0.4, 0.5) is 8.78 Å². The Balaban J connectivity index is 1.84. The van der Waals surface area contributed by atoms with Crippen LogP contribution in [0.1, 0.15) is 17.5 Å². The number of nitrogens with zero attached hydrogens (tertiary/aromatic N) is 1. The number of benzene rings is 1. The van der Waals surface area contributed by atoms with Gasteiger partial charge in [-0.15, -0.1) is 0 Å². The molecule has 1 aromatic rings. The number of morpholine rings is 1. The Morgan fingerprint density at radius 1 is 1.17 bits per heavy atom. The molecule has 1 aliphatic heterocycles. The summed E-state index contributed by atoms with van der Waals surface area (Å²) in [5.74, 6) is -1.39. The molecule has 2 rings (SSSR count). The van der Waals surface area contributed by atoms with E-state index in [-0.39, 0.29) is 0 Å². The molecule has 0 atom stereocenters. The monoisotopic (exact) mass is 255 g/mol. The fourth-order valence-corrected chi connectivity index (χ4v) is 2.20. The van der Waals surface area contributed by atoms with E-state index in [1.165, 1.54) is 0 Å². The van der Waals surface area contributed by atoms with E-state index in [9.17, 15) is 8.78 Å². The van der Waals surface area contributed by atoms with Gasteiger partial charge in [0.1, 0.15) is 0 Å². The van der Waals surface area contributed by atoms with Crippen molar-refractivity contribution in [2.75, 3.05) is 32.8 Å². The summed E-state index contributed by atoms with van der Waals surface area (Å²) in [7, 11) is 0. The van der Waals surface area contributed by atoms with Crippen molar-refractivity contribution in [2.45, 2.75) is 19.8 Å². The third kappa shape index (κ3) is 3.27. The molecule has 0 N–H and O–H groups in total. The maximum atomic E-state index is 13.6. The molecule has 0 radical (unpaired) electrons. The molecule has 0 bridgehead atoms. The highest BCUT2D eigenvalue weighted by molar-refractivity contribution is 5.25. The van der Waals surface area contributed by atoms with Gasteiger partial charge >= 0.3 is 0 Å². The predicted molar refractivity (Wildman–Crippen MR) is 66.7 cm³/mol. The lowest BCUT2D eigenvalue weighted by Crippen LogP contribution is -2.36. The Bertz CT molecular complexity index is 403. The molecule has 2 nitrogen and oxygen atoms in total. The average molecular weight is 255 g/mol. The molecule has 1 heterocycles. The van der Waals surface area contributed by atoms with Crippen LogP contribution >= 0.6 is 0 Å². The van der Waals surface area contributed by atoms with Gasteiger partial charge in [0.2, 0.25) is 0 Å². The number of aryl methyl sites for hydroxylation is 2. The van der Waals surface area contributed by atoms with Crippen molar-refractivity contribution in [1.82, 2.24) is 4.90 Å². The quantitative estimate of drug-likeness (QED) is 0.819. The van der Waals surface area contributed by atoms with Gasteiger partial charge in [0.25, 0.3) is 0 Å². The van der Waals surface area contributed by atoms with Gasteiger partial charge in [-0.25, -0.2) is 8.78 Å². The van der Waals surface area contributed by atoms with Crippen LogP contribution in [0.3, 0.4) is 0 Å². The van der Waals surface area contributed by atoms with E-state index in [1.54, 1.807) is 19.1 Å². The lowest BCUT2D eigenvalue weighted by molar-refractivity contribution is 0.0374. The van der Waals surface area contributed by atoms with E-state index >= 15 is 0 Å². The summed E-state index contributed by atoms with van der Waals surface area (Å²) >= 11 is 0. The number of halogens is 2. The molecule has 1 fully saturated rings. The highest BCUT2D eigenvalue weighted by Gasteiger charge is 2.12. The summed E-state index contributed by atoms with van der Waals surface area (Å²) in [6.45, 7) is 5.91. The molecule has 0 aromatic heterocycles. The summed E-state index contributed by atoms with van der Waals surface area (Å²) in [6.07, 6.45) is 1.43. The zero-order chi connectivity index (χ0) is 13.0. The van der Waals surface area contributed by atoms with Gasteiger partial charge < -0.3 is 4.74 Å². The second kappa shape index (κ2) is 6.25. The number of ether oxygens (including phenoxy) is 1. The van der Waals surface area contributed by atoms with E-state index in [1.807, 2.05) is 0 Å². The standard InChI is InChI=1S/C14H19F2NO/c1-11-4-5-12(14(16)13(11)15)3-2-6-17-7-9-18-10-8-17/h4-5H,2-3,6-10H2,1H3. The highest BCUT2D eigenvalue weighted by atomic mass is 19.2. The van der Waals surface area contributed by atoms with Gasteiger partial charge in [-0.3, -0.25) is 4.90 Å². The average Bonchev–Trinajstić information content (AvgIpc) is 2.40. The molecule has 0 unspecified atom stereocenters. The first kappa shape index (κ1) is 13.4. The second-order valence-corrected chi connectivity index (χ2v) is 4.73. The predicted octanol–water partition coefficient (Wildman–Crippen LogP) is 2.54. The molecular weight excluding hydrogens is 236 g/mol. The van der Waals surface area contributed by atoms with Crippen molar-refractivity contribution in [3.8, 4) is 0 Å². The highest BCUT2D eigenvalue weighted by Crippen LogP contribution is 2.17. The van der Waals surface area contributed by atoms with Gasteiger partial charge in [0.05, 0.1) is 13.2 Å². The maximum absolute atomic E-state index is 13.6. The smallest absolute Gasteiger partial charge is 0.162 e. The molecular formula is C14H19F2NO. The van der Waals surface area contributed by atoms with Crippen LogP contribution in [0.2, 0.25) is 0 Å². The molecule has 0 aliphatic carbocycles. The molecule has 4 heteroatoms. The molecule has 0 amide bonds. The van der Waals surface area contributed by atoms with Crippen LogP contribution in [0.5, 0.6) is 0 Å². The van der Waals surface area contributed by atoms with Crippen LogP contribution in [-0.2, 0) is 11.2 Å². The number of hydrogen-bond acceptors (Lipinski definition) is 2. The first-order chi connectivity index (χ1) is 8.68. The Morgan fingerprint density at radius 2 is 1.89 bits per heavy atom. The van der Waals surface area contributed by atoms with E-state index in [4.69, 9.17) is 4.74 Å². The molecule has 1 aliphatic rings. The molecule has 18 heavy (non-hydrogen) atoms. The third-order valence-electron chi connectivity index (χ3n) is 3.38. The summed E-state index contributed by atoms with van der Waals surface area (Å²) in [5.41, 5.74) is 0.843. The number of rotatable bonds is 4. The van der Waals surface area contributed by atoms with E-state index in [0.29, 0.717) is 17.5 Å². The zero-order valence-electron chi connectivity index (χ0n) is 10.7.